The number of carboxylic acids is 1. The van der Waals surface area contributed by atoms with Crippen LogP contribution in [0.15, 0.2) is 0 Å². The van der Waals surface area contributed by atoms with Gasteiger partial charge in [0, 0.05) is 25.7 Å². The smallest absolute Gasteiger partial charge is 0.317 e. The highest BCUT2D eigenvalue weighted by Crippen LogP contribution is 2.61. The number of carbonyl (C=O) groups excluding carboxylic acids is 1. The lowest BCUT2D eigenvalue weighted by Gasteiger charge is -2.57. The van der Waals surface area contributed by atoms with Crippen LogP contribution < -0.4 is 5.32 Å². The molecule has 0 aromatic rings. The predicted octanol–water partition coefficient (Wildman–Crippen LogP) is 3.17. The van der Waals surface area contributed by atoms with Crippen molar-refractivity contribution >= 4 is 12.0 Å². The summed E-state index contributed by atoms with van der Waals surface area (Å²) < 4.78 is 0. The fourth-order valence-corrected chi connectivity index (χ4v) is 7.25. The molecule has 1 saturated heterocycles. The standard InChI is InChI=1S/C22H37N3O3/c1-2-24(15-20(26)27)19-3-7-25(8-4-19)21(28)23-6-5-22-12-16-9-17(13-22)11-18(10-16)14-22/h16-19H,2-15H2,1H3,(H,23,28)(H,26,27). The number of rotatable bonds is 7. The highest BCUT2D eigenvalue weighted by molar-refractivity contribution is 5.74. The number of aliphatic carboxylic acids is 1. The predicted molar refractivity (Wildman–Crippen MR) is 108 cm³/mol. The molecule has 4 aliphatic carbocycles. The molecular formula is C22H37N3O3. The number of hydrogen-bond donors (Lipinski definition) is 2. The largest absolute Gasteiger partial charge is 0.480 e. The van der Waals surface area contributed by atoms with Crippen molar-refractivity contribution in [3.63, 3.8) is 0 Å². The summed E-state index contributed by atoms with van der Waals surface area (Å²) in [7, 11) is 0. The zero-order valence-corrected chi connectivity index (χ0v) is 17.4. The van der Waals surface area contributed by atoms with Crippen LogP contribution in [0.1, 0.15) is 64.7 Å². The first-order valence-corrected chi connectivity index (χ1v) is 11.4. The van der Waals surface area contributed by atoms with Gasteiger partial charge in [-0.05, 0) is 87.5 Å². The molecule has 1 heterocycles. The average molecular weight is 392 g/mol. The van der Waals surface area contributed by atoms with E-state index in [1.54, 1.807) is 0 Å². The van der Waals surface area contributed by atoms with Crippen LogP contribution in [0, 0.1) is 23.2 Å². The van der Waals surface area contributed by atoms with Crippen LogP contribution in [0.5, 0.6) is 0 Å². The Kier molecular flexibility index (Phi) is 5.86. The molecule has 5 rings (SSSR count). The number of carbonyl (C=O) groups is 2. The minimum atomic E-state index is -0.772. The molecule has 4 bridgehead atoms. The number of urea groups is 1. The van der Waals surface area contributed by atoms with Crippen LogP contribution in [0.3, 0.4) is 0 Å². The SMILES string of the molecule is CCN(CC(=O)O)C1CCN(C(=O)NCCC23CC4CC(CC(C4)C2)C3)CC1. The van der Waals surface area contributed by atoms with Crippen LogP contribution in [-0.4, -0.2) is 65.7 Å². The normalized spacial score (nSPS) is 34.8. The number of amides is 2. The van der Waals surface area contributed by atoms with E-state index < -0.39 is 5.97 Å². The maximum absolute atomic E-state index is 12.6. The summed E-state index contributed by atoms with van der Waals surface area (Å²) in [6.45, 7) is 5.11. The number of hydrogen-bond acceptors (Lipinski definition) is 3. The molecule has 0 aromatic carbocycles. The minimum Gasteiger partial charge on any atom is -0.480 e. The van der Waals surface area contributed by atoms with Gasteiger partial charge < -0.3 is 15.3 Å². The van der Waals surface area contributed by atoms with Crippen molar-refractivity contribution in [1.29, 1.82) is 0 Å². The van der Waals surface area contributed by atoms with Crippen LogP contribution in [0.2, 0.25) is 0 Å². The fraction of sp³-hybridized carbons (Fsp3) is 0.909. The third kappa shape index (κ3) is 4.32. The van der Waals surface area contributed by atoms with E-state index in [1.807, 2.05) is 16.7 Å². The first-order chi connectivity index (χ1) is 13.5. The molecule has 5 fully saturated rings. The minimum absolute atomic E-state index is 0.0736. The highest BCUT2D eigenvalue weighted by atomic mass is 16.4. The molecular weight excluding hydrogens is 354 g/mol. The van der Waals surface area contributed by atoms with Crippen molar-refractivity contribution in [2.75, 3.05) is 32.7 Å². The lowest BCUT2D eigenvalue weighted by Crippen LogP contribution is -2.51. The molecule has 1 aliphatic heterocycles. The van der Waals surface area contributed by atoms with Gasteiger partial charge in [0.05, 0.1) is 6.54 Å². The maximum Gasteiger partial charge on any atom is 0.317 e. The molecule has 0 unspecified atom stereocenters. The van der Waals surface area contributed by atoms with Gasteiger partial charge in [-0.15, -0.1) is 0 Å². The summed E-state index contributed by atoms with van der Waals surface area (Å²) >= 11 is 0. The molecule has 2 N–H and O–H groups in total. The van der Waals surface area contributed by atoms with E-state index in [-0.39, 0.29) is 18.6 Å². The molecule has 6 nitrogen and oxygen atoms in total. The number of nitrogens with one attached hydrogen (secondary N) is 1. The zero-order valence-electron chi connectivity index (χ0n) is 17.4. The third-order valence-corrected chi connectivity index (χ3v) is 8.11. The number of likely N-dealkylation sites (tertiary alicyclic amines) is 1. The molecule has 2 amide bonds. The highest BCUT2D eigenvalue weighted by Gasteiger charge is 2.50. The summed E-state index contributed by atoms with van der Waals surface area (Å²) in [5, 5.41) is 12.3. The Morgan fingerprint density at radius 3 is 2.14 bits per heavy atom. The van der Waals surface area contributed by atoms with Crippen molar-refractivity contribution in [1.82, 2.24) is 15.1 Å². The molecule has 0 aromatic heterocycles. The van der Waals surface area contributed by atoms with E-state index in [0.717, 1.165) is 63.2 Å². The second-order valence-corrected chi connectivity index (χ2v) is 10.1. The van der Waals surface area contributed by atoms with E-state index >= 15 is 0 Å². The average Bonchev–Trinajstić information content (AvgIpc) is 2.65. The number of carboxylic acid groups (broad SMARTS) is 1. The molecule has 0 spiro atoms. The van der Waals surface area contributed by atoms with Crippen molar-refractivity contribution < 1.29 is 14.7 Å². The van der Waals surface area contributed by atoms with Crippen molar-refractivity contribution in [2.45, 2.75) is 70.8 Å². The Hall–Kier alpha value is -1.30. The Labute approximate surface area is 169 Å². The Balaban J connectivity index is 1.20. The monoisotopic (exact) mass is 391 g/mol. The van der Waals surface area contributed by atoms with Gasteiger partial charge in [-0.3, -0.25) is 9.69 Å². The van der Waals surface area contributed by atoms with Gasteiger partial charge in [0.15, 0.2) is 0 Å². The van der Waals surface area contributed by atoms with Crippen LogP contribution >= 0.6 is 0 Å². The Bertz CT molecular complexity index is 550. The quantitative estimate of drug-likeness (QED) is 0.699. The van der Waals surface area contributed by atoms with E-state index in [0.29, 0.717) is 5.41 Å². The van der Waals surface area contributed by atoms with Gasteiger partial charge in [0.1, 0.15) is 0 Å². The summed E-state index contributed by atoms with van der Waals surface area (Å²) in [6, 6.07) is 0.349. The Morgan fingerprint density at radius 2 is 1.64 bits per heavy atom. The van der Waals surface area contributed by atoms with E-state index in [1.165, 1.54) is 38.5 Å². The topological polar surface area (TPSA) is 72.9 Å². The molecule has 4 saturated carbocycles. The summed E-state index contributed by atoms with van der Waals surface area (Å²) in [5.74, 6) is 2.13. The van der Waals surface area contributed by atoms with Gasteiger partial charge in [0.2, 0.25) is 0 Å². The lowest BCUT2D eigenvalue weighted by molar-refractivity contribution is -0.139. The summed E-state index contributed by atoms with van der Waals surface area (Å²) in [5.41, 5.74) is 0.521. The maximum atomic E-state index is 12.6. The van der Waals surface area contributed by atoms with Crippen molar-refractivity contribution in [3.05, 3.63) is 0 Å². The third-order valence-electron chi connectivity index (χ3n) is 8.11. The van der Waals surface area contributed by atoms with Gasteiger partial charge >= 0.3 is 12.0 Å². The molecule has 6 heteroatoms. The molecule has 158 valence electrons. The summed E-state index contributed by atoms with van der Waals surface area (Å²) in [4.78, 5) is 27.6. The first kappa shape index (κ1) is 20.0. The van der Waals surface area contributed by atoms with E-state index in [4.69, 9.17) is 5.11 Å². The lowest BCUT2D eigenvalue weighted by atomic mass is 9.49. The van der Waals surface area contributed by atoms with Gasteiger partial charge in [-0.1, -0.05) is 6.92 Å². The zero-order chi connectivity index (χ0) is 19.7. The summed E-state index contributed by atoms with van der Waals surface area (Å²) in [6.07, 6.45) is 11.5. The number of piperidine rings is 1. The second-order valence-electron chi connectivity index (χ2n) is 10.1. The van der Waals surface area contributed by atoms with Crippen LogP contribution in [0.25, 0.3) is 0 Å². The second kappa shape index (κ2) is 8.21. The Morgan fingerprint density at radius 1 is 1.07 bits per heavy atom. The molecule has 0 atom stereocenters. The van der Waals surface area contributed by atoms with E-state index in [9.17, 15) is 9.59 Å². The van der Waals surface area contributed by atoms with Crippen LogP contribution in [0.4, 0.5) is 4.79 Å². The van der Waals surface area contributed by atoms with Gasteiger partial charge in [-0.2, -0.15) is 0 Å². The van der Waals surface area contributed by atoms with Crippen molar-refractivity contribution in [3.8, 4) is 0 Å². The van der Waals surface area contributed by atoms with Gasteiger partial charge in [-0.25, -0.2) is 4.79 Å². The van der Waals surface area contributed by atoms with Crippen LogP contribution in [-0.2, 0) is 4.79 Å². The van der Waals surface area contributed by atoms with E-state index in [2.05, 4.69) is 5.32 Å². The fourth-order valence-electron chi connectivity index (χ4n) is 7.25. The molecule has 5 aliphatic rings. The van der Waals surface area contributed by atoms with Crippen molar-refractivity contribution in [2.24, 2.45) is 23.2 Å². The number of nitrogens with zero attached hydrogens (tertiary/aromatic N) is 2. The first-order valence-electron chi connectivity index (χ1n) is 11.4. The molecule has 28 heavy (non-hydrogen) atoms. The molecule has 0 radical (unpaired) electrons. The van der Waals surface area contributed by atoms with Gasteiger partial charge in [0.25, 0.3) is 0 Å². The number of likely N-dealkylation sites (N-methyl/N-ethyl adjacent to an activating group) is 1.